The third-order valence-electron chi connectivity index (χ3n) is 4.88. The number of amides is 1. The zero-order chi connectivity index (χ0) is 25.7. The lowest BCUT2D eigenvalue weighted by molar-refractivity contribution is -0.286. The molecule has 0 atom stereocenters. The Balaban J connectivity index is 1.39. The maximum atomic E-state index is 13.2. The third kappa shape index (κ3) is 6.27. The molecule has 2 aromatic heterocycles. The van der Waals surface area contributed by atoms with E-state index in [0.29, 0.717) is 41.0 Å². The van der Waals surface area contributed by atoms with Crippen LogP contribution in [0.15, 0.2) is 35.7 Å². The lowest BCUT2D eigenvalue weighted by Crippen LogP contribution is -2.25. The minimum absolute atomic E-state index is 0.0366. The summed E-state index contributed by atoms with van der Waals surface area (Å²) >= 11 is 1.21. The summed E-state index contributed by atoms with van der Waals surface area (Å²) in [6.45, 7) is 0.676. The van der Waals surface area contributed by atoms with Gasteiger partial charge < -0.3 is 35.8 Å². The zero-order valence-electron chi connectivity index (χ0n) is 18.9. The van der Waals surface area contributed by atoms with Crippen LogP contribution in [0.3, 0.4) is 0 Å². The Morgan fingerprint density at radius 3 is 2.69 bits per heavy atom. The number of carboxylic acid groups (broad SMARTS) is 1. The van der Waals surface area contributed by atoms with Gasteiger partial charge in [0.25, 0.3) is 5.91 Å². The Morgan fingerprint density at radius 1 is 1.11 bits per heavy atom. The summed E-state index contributed by atoms with van der Waals surface area (Å²) in [6.07, 6.45) is -3.28. The Labute approximate surface area is 207 Å². The number of nitrogens with zero attached hydrogens (tertiary/aromatic N) is 2. The lowest BCUT2D eigenvalue weighted by Gasteiger charge is -2.11. The molecule has 1 amide bonds. The molecule has 0 saturated carbocycles. The van der Waals surface area contributed by atoms with Gasteiger partial charge in [-0.2, -0.15) is 4.98 Å². The van der Waals surface area contributed by atoms with Gasteiger partial charge in [-0.1, -0.05) is 0 Å². The molecule has 11 nitrogen and oxygen atoms in total. The van der Waals surface area contributed by atoms with E-state index in [-0.39, 0.29) is 30.2 Å². The molecule has 0 radical (unpaired) electrons. The Hall–Kier alpha value is -4.20. The van der Waals surface area contributed by atoms with Crippen molar-refractivity contribution in [2.45, 2.75) is 25.7 Å². The highest BCUT2D eigenvalue weighted by molar-refractivity contribution is 7.12. The summed E-state index contributed by atoms with van der Waals surface area (Å²) in [5, 5.41) is 22.3. The van der Waals surface area contributed by atoms with E-state index < -0.39 is 18.2 Å². The van der Waals surface area contributed by atoms with Gasteiger partial charge in [0.1, 0.15) is 10.7 Å². The van der Waals surface area contributed by atoms with Crippen LogP contribution in [0.5, 0.6) is 11.5 Å². The van der Waals surface area contributed by atoms with Crippen LogP contribution < -0.4 is 30.7 Å². The molecular formula is C22H22F2N6O5S. The normalized spacial score (nSPS) is 13.2. The molecule has 3 aromatic rings. The third-order valence-corrected chi connectivity index (χ3v) is 5.79. The highest BCUT2D eigenvalue weighted by atomic mass is 32.1. The standard InChI is InChI=1S/C22H22F2N6O5S/c1-25-17-10-13(29-21(30-17)26-7-2-3-18(31)32)11-27-14-6-8-36-19(14)20(33)28-12-4-5-15-16(9-12)35-22(23,24)34-15/h4-6,8-10,27H,2-3,7,11H2,1H3,(H,28,33)(H,31,32)(H2,25,26,29,30). The van der Waals surface area contributed by atoms with Gasteiger partial charge in [0.2, 0.25) is 5.95 Å². The molecule has 36 heavy (non-hydrogen) atoms. The summed E-state index contributed by atoms with van der Waals surface area (Å²) in [6, 6.07) is 7.48. The van der Waals surface area contributed by atoms with Gasteiger partial charge in [0, 0.05) is 37.8 Å². The van der Waals surface area contributed by atoms with Crippen molar-refractivity contribution in [2.75, 3.05) is 34.9 Å². The van der Waals surface area contributed by atoms with E-state index in [1.54, 1.807) is 24.6 Å². The van der Waals surface area contributed by atoms with Crippen LogP contribution in [0.25, 0.3) is 0 Å². The van der Waals surface area contributed by atoms with E-state index in [1.165, 1.54) is 29.5 Å². The lowest BCUT2D eigenvalue weighted by atomic mass is 10.2. The van der Waals surface area contributed by atoms with Crippen molar-refractivity contribution in [3.63, 3.8) is 0 Å². The van der Waals surface area contributed by atoms with Crippen molar-refractivity contribution in [1.82, 2.24) is 9.97 Å². The highest BCUT2D eigenvalue weighted by Gasteiger charge is 2.43. The van der Waals surface area contributed by atoms with E-state index in [4.69, 9.17) is 5.11 Å². The molecule has 5 N–H and O–H groups in total. The van der Waals surface area contributed by atoms with Gasteiger partial charge in [-0.15, -0.1) is 20.1 Å². The number of hydrogen-bond acceptors (Lipinski definition) is 10. The second kappa shape index (κ2) is 10.6. The largest absolute Gasteiger partial charge is 0.586 e. The maximum absolute atomic E-state index is 13.2. The molecule has 0 fully saturated rings. The van der Waals surface area contributed by atoms with Gasteiger partial charge in [-0.05, 0) is 30.0 Å². The number of ether oxygens (including phenoxy) is 2. The number of aromatic nitrogens is 2. The van der Waals surface area contributed by atoms with E-state index >= 15 is 0 Å². The molecular weight excluding hydrogens is 498 g/mol. The molecule has 4 rings (SSSR count). The van der Waals surface area contributed by atoms with E-state index in [1.807, 2.05) is 0 Å². The predicted octanol–water partition coefficient (Wildman–Crippen LogP) is 4.04. The Bertz CT molecular complexity index is 1270. The van der Waals surface area contributed by atoms with Crippen molar-refractivity contribution < 1.29 is 33.0 Å². The van der Waals surface area contributed by atoms with E-state index in [9.17, 15) is 18.4 Å². The number of carbonyl (C=O) groups excluding carboxylic acids is 1. The molecule has 14 heteroatoms. The summed E-state index contributed by atoms with van der Waals surface area (Å²) in [5.74, 6) is -0.670. The van der Waals surface area contributed by atoms with Crippen molar-refractivity contribution in [3.8, 4) is 11.5 Å². The first-order valence-electron chi connectivity index (χ1n) is 10.8. The van der Waals surface area contributed by atoms with Gasteiger partial charge in [-0.3, -0.25) is 9.59 Å². The van der Waals surface area contributed by atoms with E-state index in [2.05, 4.69) is 40.7 Å². The summed E-state index contributed by atoms with van der Waals surface area (Å²) in [5.41, 5.74) is 1.46. The van der Waals surface area contributed by atoms with Crippen LogP contribution in [0.4, 0.5) is 31.9 Å². The first kappa shape index (κ1) is 24.9. The molecule has 190 valence electrons. The molecule has 0 spiro atoms. The van der Waals surface area contributed by atoms with Crippen LogP contribution in [-0.2, 0) is 11.3 Å². The fourth-order valence-corrected chi connectivity index (χ4v) is 4.03. The number of benzene rings is 1. The van der Waals surface area contributed by atoms with Gasteiger partial charge >= 0.3 is 12.3 Å². The highest BCUT2D eigenvalue weighted by Crippen LogP contribution is 2.42. The number of rotatable bonds is 11. The van der Waals surface area contributed by atoms with Crippen molar-refractivity contribution in [2.24, 2.45) is 0 Å². The fraction of sp³-hybridized carbons (Fsp3) is 0.273. The molecule has 0 unspecified atom stereocenters. The average molecular weight is 521 g/mol. The van der Waals surface area contributed by atoms with Gasteiger partial charge in [-0.25, -0.2) is 4.98 Å². The Morgan fingerprint density at radius 2 is 1.92 bits per heavy atom. The van der Waals surface area contributed by atoms with Gasteiger partial charge in [0.05, 0.1) is 17.9 Å². The minimum Gasteiger partial charge on any atom is -0.481 e. The minimum atomic E-state index is -3.74. The molecule has 3 heterocycles. The van der Waals surface area contributed by atoms with Crippen LogP contribution in [0.1, 0.15) is 28.2 Å². The molecule has 1 aliphatic heterocycles. The summed E-state index contributed by atoms with van der Waals surface area (Å²) in [4.78, 5) is 32.6. The molecule has 0 bridgehead atoms. The summed E-state index contributed by atoms with van der Waals surface area (Å²) in [7, 11) is 1.71. The number of thiophene rings is 1. The van der Waals surface area contributed by atoms with Crippen molar-refractivity contribution in [1.29, 1.82) is 0 Å². The monoisotopic (exact) mass is 520 g/mol. The number of alkyl halides is 2. The molecule has 0 saturated heterocycles. The van der Waals surface area contributed by atoms with E-state index in [0.717, 1.165) is 0 Å². The predicted molar refractivity (Wildman–Crippen MR) is 129 cm³/mol. The first-order chi connectivity index (χ1) is 17.2. The average Bonchev–Trinajstić information content (AvgIpc) is 3.42. The second-order valence-electron chi connectivity index (χ2n) is 7.54. The van der Waals surface area contributed by atoms with Gasteiger partial charge in [0.15, 0.2) is 11.5 Å². The smallest absolute Gasteiger partial charge is 0.481 e. The number of halogens is 2. The SMILES string of the molecule is CNc1cc(CNc2ccsc2C(=O)Nc2ccc3c(c2)OC(F)(F)O3)nc(NCCCC(=O)O)n1. The number of nitrogens with one attached hydrogen (secondary N) is 4. The van der Waals surface area contributed by atoms with Crippen molar-refractivity contribution >= 4 is 46.4 Å². The first-order valence-corrected chi connectivity index (χ1v) is 11.6. The number of anilines is 4. The maximum Gasteiger partial charge on any atom is 0.586 e. The number of aliphatic carboxylic acids is 1. The van der Waals surface area contributed by atoms with Crippen LogP contribution in [0, 0.1) is 0 Å². The van der Waals surface area contributed by atoms with Crippen LogP contribution in [0.2, 0.25) is 0 Å². The number of carboxylic acids is 1. The number of fused-ring (bicyclic) bond motifs is 1. The van der Waals surface area contributed by atoms with Crippen LogP contribution in [-0.4, -0.2) is 46.8 Å². The fourth-order valence-electron chi connectivity index (χ4n) is 3.26. The summed E-state index contributed by atoms with van der Waals surface area (Å²) < 4.78 is 35.3. The van der Waals surface area contributed by atoms with Crippen molar-refractivity contribution in [3.05, 3.63) is 46.3 Å². The molecule has 1 aromatic carbocycles. The quantitative estimate of drug-likeness (QED) is 0.235. The number of hydrogen-bond donors (Lipinski definition) is 5. The Kier molecular flexibility index (Phi) is 7.33. The topological polar surface area (TPSA) is 147 Å². The molecule has 1 aliphatic rings. The second-order valence-corrected chi connectivity index (χ2v) is 8.46. The number of carbonyl (C=O) groups is 2. The van der Waals surface area contributed by atoms with Crippen LogP contribution >= 0.6 is 11.3 Å². The zero-order valence-corrected chi connectivity index (χ0v) is 19.7. The molecule has 0 aliphatic carbocycles.